The Morgan fingerprint density at radius 2 is 2.09 bits per heavy atom. The molecule has 1 saturated carbocycles. The average molecular weight is 364 g/mol. The molecule has 2 aliphatic rings. The molecule has 2 heterocycles. The number of ether oxygens (including phenoxy) is 2. The van der Waals surface area contributed by atoms with Gasteiger partial charge in [0.1, 0.15) is 12.2 Å². The van der Waals surface area contributed by atoms with E-state index in [1.807, 2.05) is 17.7 Å². The lowest BCUT2D eigenvalue weighted by molar-refractivity contribution is -0.232. The summed E-state index contributed by atoms with van der Waals surface area (Å²) in [4.78, 5) is 0. The van der Waals surface area contributed by atoms with Gasteiger partial charge in [0, 0.05) is 30.3 Å². The van der Waals surface area contributed by atoms with Gasteiger partial charge < -0.3 is 14.0 Å². The van der Waals surface area contributed by atoms with Crippen molar-refractivity contribution in [3.05, 3.63) is 46.5 Å². The first-order chi connectivity index (χ1) is 10.7. The Hall–Kier alpha value is -1.24. The minimum atomic E-state index is -0.340. The lowest BCUT2D eigenvalue weighted by atomic mass is 9.68. The van der Waals surface area contributed by atoms with Crippen LogP contribution in [0.4, 0.5) is 0 Å². The fraction of sp³-hybridized carbons (Fsp3) is 0.500. The standard InChI is InChI=1S/C16H18BrN3O2/c1-20-10-18-19-15(20)14(11-3-2-4-13(17)7-11)12-8-16(9-12)21-5-6-22-16/h2-4,7,10,12,14H,5-6,8-9H2,1H3. The Morgan fingerprint density at radius 3 is 2.73 bits per heavy atom. The molecule has 1 aromatic heterocycles. The van der Waals surface area contributed by atoms with Crippen LogP contribution >= 0.6 is 15.9 Å². The second-order valence-electron chi connectivity index (χ2n) is 6.11. The lowest BCUT2D eigenvalue weighted by Gasteiger charge is -2.46. The second kappa shape index (κ2) is 5.44. The van der Waals surface area contributed by atoms with E-state index in [1.165, 1.54) is 5.56 Å². The molecule has 1 saturated heterocycles. The average Bonchev–Trinajstić information content (AvgIpc) is 3.09. The van der Waals surface area contributed by atoms with Crippen molar-refractivity contribution in [3.63, 3.8) is 0 Å². The summed E-state index contributed by atoms with van der Waals surface area (Å²) in [5, 5.41) is 8.42. The molecule has 4 rings (SSSR count). The molecule has 1 unspecified atom stereocenters. The molecular weight excluding hydrogens is 346 g/mol. The van der Waals surface area contributed by atoms with Crippen LogP contribution in [0, 0.1) is 5.92 Å². The molecule has 2 fully saturated rings. The summed E-state index contributed by atoms with van der Waals surface area (Å²) in [6.07, 6.45) is 3.59. The van der Waals surface area contributed by atoms with Crippen LogP contribution in [0.2, 0.25) is 0 Å². The van der Waals surface area contributed by atoms with Crippen LogP contribution in [0.25, 0.3) is 0 Å². The van der Waals surface area contributed by atoms with E-state index in [-0.39, 0.29) is 11.7 Å². The number of nitrogens with zero attached hydrogens (tertiary/aromatic N) is 3. The Morgan fingerprint density at radius 1 is 1.32 bits per heavy atom. The van der Waals surface area contributed by atoms with Crippen molar-refractivity contribution in [2.24, 2.45) is 13.0 Å². The van der Waals surface area contributed by atoms with Crippen LogP contribution in [0.3, 0.4) is 0 Å². The molecular formula is C16H18BrN3O2. The van der Waals surface area contributed by atoms with Gasteiger partial charge in [-0.1, -0.05) is 28.1 Å². The first-order valence-corrected chi connectivity index (χ1v) is 8.33. The van der Waals surface area contributed by atoms with Crippen molar-refractivity contribution >= 4 is 15.9 Å². The van der Waals surface area contributed by atoms with Crippen molar-refractivity contribution in [2.45, 2.75) is 24.5 Å². The minimum Gasteiger partial charge on any atom is -0.348 e. The molecule has 1 atom stereocenters. The van der Waals surface area contributed by atoms with E-state index < -0.39 is 0 Å². The summed E-state index contributed by atoms with van der Waals surface area (Å²) in [5.41, 5.74) is 1.25. The highest BCUT2D eigenvalue weighted by Crippen LogP contribution is 2.51. The van der Waals surface area contributed by atoms with Gasteiger partial charge in [-0.15, -0.1) is 10.2 Å². The summed E-state index contributed by atoms with van der Waals surface area (Å²) in [6.45, 7) is 1.41. The fourth-order valence-corrected chi connectivity index (χ4v) is 4.03. The Bertz CT molecular complexity index is 674. The first kappa shape index (κ1) is 14.4. The molecule has 0 bridgehead atoms. The zero-order chi connectivity index (χ0) is 15.2. The van der Waals surface area contributed by atoms with Crippen LogP contribution in [0.1, 0.15) is 30.1 Å². The van der Waals surface area contributed by atoms with Gasteiger partial charge in [0.05, 0.1) is 13.2 Å². The van der Waals surface area contributed by atoms with E-state index in [0.29, 0.717) is 19.1 Å². The van der Waals surface area contributed by atoms with Gasteiger partial charge in [0.15, 0.2) is 5.79 Å². The highest BCUT2D eigenvalue weighted by Gasteiger charge is 2.52. The summed E-state index contributed by atoms with van der Waals surface area (Å²) in [6, 6.07) is 8.44. The third kappa shape index (κ3) is 2.39. The summed E-state index contributed by atoms with van der Waals surface area (Å²) < 4.78 is 14.7. The molecule has 5 nitrogen and oxygen atoms in total. The molecule has 6 heteroatoms. The summed E-state index contributed by atoms with van der Waals surface area (Å²) in [5.74, 6) is 1.32. The van der Waals surface area contributed by atoms with Crippen molar-refractivity contribution in [3.8, 4) is 0 Å². The van der Waals surface area contributed by atoms with Gasteiger partial charge in [0.2, 0.25) is 0 Å². The molecule has 1 spiro atoms. The molecule has 0 N–H and O–H groups in total. The third-order valence-electron chi connectivity index (χ3n) is 4.66. The van der Waals surface area contributed by atoms with E-state index in [0.717, 1.165) is 23.1 Å². The van der Waals surface area contributed by atoms with Gasteiger partial charge in [-0.2, -0.15) is 0 Å². The third-order valence-corrected chi connectivity index (χ3v) is 5.16. The predicted molar refractivity (Wildman–Crippen MR) is 84.3 cm³/mol. The zero-order valence-electron chi connectivity index (χ0n) is 12.4. The van der Waals surface area contributed by atoms with Crippen molar-refractivity contribution in [1.82, 2.24) is 14.8 Å². The van der Waals surface area contributed by atoms with Gasteiger partial charge in [0.25, 0.3) is 0 Å². The number of hydrogen-bond donors (Lipinski definition) is 0. The van der Waals surface area contributed by atoms with Crippen LogP contribution < -0.4 is 0 Å². The summed E-state index contributed by atoms with van der Waals surface area (Å²) >= 11 is 3.57. The zero-order valence-corrected chi connectivity index (χ0v) is 14.0. The number of benzene rings is 1. The highest BCUT2D eigenvalue weighted by molar-refractivity contribution is 9.10. The molecule has 1 aromatic carbocycles. The second-order valence-corrected chi connectivity index (χ2v) is 7.02. The molecule has 1 aliphatic carbocycles. The maximum atomic E-state index is 5.79. The molecule has 0 amide bonds. The molecule has 1 aliphatic heterocycles. The Kier molecular flexibility index (Phi) is 3.55. The van der Waals surface area contributed by atoms with Gasteiger partial charge in [-0.25, -0.2) is 0 Å². The topological polar surface area (TPSA) is 49.2 Å². The Labute approximate surface area is 137 Å². The maximum absolute atomic E-state index is 5.79. The molecule has 2 aromatic rings. The number of halogens is 1. The fourth-order valence-electron chi connectivity index (χ4n) is 3.61. The van der Waals surface area contributed by atoms with Crippen LogP contribution in [-0.4, -0.2) is 33.8 Å². The van der Waals surface area contributed by atoms with Crippen molar-refractivity contribution in [1.29, 1.82) is 0 Å². The van der Waals surface area contributed by atoms with Crippen molar-refractivity contribution < 1.29 is 9.47 Å². The largest absolute Gasteiger partial charge is 0.348 e. The van der Waals surface area contributed by atoms with E-state index >= 15 is 0 Å². The SMILES string of the molecule is Cn1cnnc1C(c1cccc(Br)c1)C1CC2(C1)OCCO2. The number of aryl methyl sites for hydroxylation is 1. The number of rotatable bonds is 3. The lowest BCUT2D eigenvalue weighted by Crippen LogP contribution is -2.47. The van der Waals surface area contributed by atoms with Crippen LogP contribution in [-0.2, 0) is 16.5 Å². The van der Waals surface area contributed by atoms with E-state index in [2.05, 4.69) is 44.3 Å². The predicted octanol–water partition coefficient (Wildman–Crippen LogP) is 2.86. The summed E-state index contributed by atoms with van der Waals surface area (Å²) in [7, 11) is 2.00. The smallest absolute Gasteiger partial charge is 0.169 e. The van der Waals surface area contributed by atoms with E-state index in [1.54, 1.807) is 6.33 Å². The molecule has 22 heavy (non-hydrogen) atoms. The maximum Gasteiger partial charge on any atom is 0.169 e. The first-order valence-electron chi connectivity index (χ1n) is 7.54. The molecule has 116 valence electrons. The van der Waals surface area contributed by atoms with E-state index in [4.69, 9.17) is 9.47 Å². The van der Waals surface area contributed by atoms with Gasteiger partial charge in [-0.3, -0.25) is 0 Å². The van der Waals surface area contributed by atoms with Gasteiger partial charge >= 0.3 is 0 Å². The quantitative estimate of drug-likeness (QED) is 0.841. The van der Waals surface area contributed by atoms with Gasteiger partial charge in [-0.05, 0) is 23.6 Å². The monoisotopic (exact) mass is 363 g/mol. The number of hydrogen-bond acceptors (Lipinski definition) is 4. The minimum absolute atomic E-state index is 0.212. The van der Waals surface area contributed by atoms with Crippen LogP contribution in [0.5, 0.6) is 0 Å². The highest BCUT2D eigenvalue weighted by atomic mass is 79.9. The van der Waals surface area contributed by atoms with E-state index in [9.17, 15) is 0 Å². The Balaban J connectivity index is 1.66. The van der Waals surface area contributed by atoms with Crippen LogP contribution in [0.15, 0.2) is 35.1 Å². The molecule has 0 radical (unpaired) electrons. The normalized spacial score (nSPS) is 21.9. The van der Waals surface area contributed by atoms with Crippen molar-refractivity contribution in [2.75, 3.05) is 13.2 Å². The number of aromatic nitrogens is 3.